The summed E-state index contributed by atoms with van der Waals surface area (Å²) < 4.78 is 0. The van der Waals surface area contributed by atoms with Gasteiger partial charge in [-0.05, 0) is 30.0 Å². The number of alkyl halides is 1. The van der Waals surface area contributed by atoms with Crippen molar-refractivity contribution < 1.29 is 0 Å². The Labute approximate surface area is 127 Å². The average molecular weight is 288 g/mol. The van der Waals surface area contributed by atoms with Gasteiger partial charge in [0.1, 0.15) is 0 Å². The minimum Gasteiger partial charge on any atom is -0.261 e. The molecule has 2 rings (SSSR count). The molecule has 2 unspecified atom stereocenters. The maximum atomic E-state index is 6.92. The van der Waals surface area contributed by atoms with E-state index in [0.29, 0.717) is 5.92 Å². The second-order valence-corrected chi connectivity index (χ2v) is 5.97. The van der Waals surface area contributed by atoms with Gasteiger partial charge in [-0.1, -0.05) is 57.2 Å². The number of hydrogen-bond acceptors (Lipinski definition) is 1. The Hall–Kier alpha value is -1.34. The second kappa shape index (κ2) is 6.41. The number of benzene rings is 1. The highest BCUT2D eigenvalue weighted by Gasteiger charge is 2.42. The minimum atomic E-state index is -0.149. The smallest absolute Gasteiger partial charge is 0.0699 e. The lowest BCUT2D eigenvalue weighted by Crippen LogP contribution is -2.37. The zero-order valence-corrected chi connectivity index (χ0v) is 13.1. The minimum absolute atomic E-state index is 0.0800. The number of aromatic nitrogens is 1. The van der Waals surface area contributed by atoms with Gasteiger partial charge in [0.15, 0.2) is 0 Å². The van der Waals surface area contributed by atoms with Gasteiger partial charge in [-0.2, -0.15) is 0 Å². The van der Waals surface area contributed by atoms with Crippen molar-refractivity contribution in [2.75, 3.05) is 0 Å². The third-order valence-corrected chi connectivity index (χ3v) is 4.94. The van der Waals surface area contributed by atoms with Crippen molar-refractivity contribution in [3.8, 4) is 0 Å². The lowest BCUT2D eigenvalue weighted by molar-refractivity contribution is 0.274. The van der Waals surface area contributed by atoms with E-state index >= 15 is 0 Å². The summed E-state index contributed by atoms with van der Waals surface area (Å²) in [6, 6.07) is 16.4. The first-order valence-electron chi connectivity index (χ1n) is 7.23. The van der Waals surface area contributed by atoms with Crippen LogP contribution >= 0.6 is 11.6 Å². The van der Waals surface area contributed by atoms with Crippen LogP contribution in [0.3, 0.4) is 0 Å². The van der Waals surface area contributed by atoms with E-state index in [0.717, 1.165) is 17.7 Å². The molecular formula is C18H22ClN. The van der Waals surface area contributed by atoms with Crippen molar-refractivity contribution in [3.05, 3.63) is 66.0 Å². The SMILES string of the molecule is CCC(c1ccccn1)(C(C)C)C(Cl)c1ccccc1. The largest absolute Gasteiger partial charge is 0.261 e. The van der Waals surface area contributed by atoms with E-state index in [9.17, 15) is 0 Å². The van der Waals surface area contributed by atoms with E-state index in [4.69, 9.17) is 11.6 Å². The fourth-order valence-electron chi connectivity index (χ4n) is 3.04. The highest BCUT2D eigenvalue weighted by Crippen LogP contribution is 2.48. The number of hydrogen-bond donors (Lipinski definition) is 0. The fraction of sp³-hybridized carbons (Fsp3) is 0.389. The van der Waals surface area contributed by atoms with Gasteiger partial charge in [0.2, 0.25) is 0 Å². The summed E-state index contributed by atoms with van der Waals surface area (Å²) >= 11 is 6.92. The summed E-state index contributed by atoms with van der Waals surface area (Å²) in [6.45, 7) is 6.67. The van der Waals surface area contributed by atoms with Crippen LogP contribution in [0.2, 0.25) is 0 Å². The number of rotatable bonds is 5. The molecule has 1 nitrogen and oxygen atoms in total. The van der Waals surface area contributed by atoms with E-state index in [2.05, 4.69) is 44.0 Å². The van der Waals surface area contributed by atoms with Gasteiger partial charge < -0.3 is 0 Å². The van der Waals surface area contributed by atoms with E-state index in [1.807, 2.05) is 36.5 Å². The van der Waals surface area contributed by atoms with Gasteiger partial charge in [0, 0.05) is 17.3 Å². The number of nitrogens with zero attached hydrogens (tertiary/aromatic N) is 1. The highest BCUT2D eigenvalue weighted by molar-refractivity contribution is 6.21. The Morgan fingerprint density at radius 2 is 1.70 bits per heavy atom. The molecule has 0 N–H and O–H groups in total. The first kappa shape index (κ1) is 15.1. The molecule has 106 valence electrons. The van der Waals surface area contributed by atoms with Crippen LogP contribution in [0.4, 0.5) is 0 Å². The molecular weight excluding hydrogens is 266 g/mol. The van der Waals surface area contributed by atoms with Crippen molar-refractivity contribution in [2.24, 2.45) is 5.92 Å². The third-order valence-electron chi connectivity index (χ3n) is 4.30. The molecule has 2 atom stereocenters. The molecule has 1 aromatic heterocycles. The summed E-state index contributed by atoms with van der Waals surface area (Å²) in [5.74, 6) is 0.408. The summed E-state index contributed by atoms with van der Waals surface area (Å²) in [6.07, 6.45) is 2.82. The molecule has 1 aromatic carbocycles. The molecule has 2 aromatic rings. The van der Waals surface area contributed by atoms with Gasteiger partial charge in [-0.15, -0.1) is 11.6 Å². The lowest BCUT2D eigenvalue weighted by atomic mass is 9.68. The molecule has 0 aliphatic rings. The number of pyridine rings is 1. The van der Waals surface area contributed by atoms with E-state index < -0.39 is 0 Å². The maximum absolute atomic E-state index is 6.92. The molecule has 0 aliphatic heterocycles. The molecule has 0 radical (unpaired) electrons. The van der Waals surface area contributed by atoms with Crippen molar-refractivity contribution in [3.63, 3.8) is 0 Å². The van der Waals surface area contributed by atoms with Crippen LogP contribution in [0, 0.1) is 5.92 Å². The van der Waals surface area contributed by atoms with Crippen LogP contribution in [0.25, 0.3) is 0 Å². The second-order valence-electron chi connectivity index (χ2n) is 5.54. The Morgan fingerprint density at radius 1 is 1.05 bits per heavy atom. The molecule has 20 heavy (non-hydrogen) atoms. The van der Waals surface area contributed by atoms with Crippen LogP contribution in [0.15, 0.2) is 54.7 Å². The first-order valence-corrected chi connectivity index (χ1v) is 7.67. The van der Waals surface area contributed by atoms with Crippen LogP contribution in [0.5, 0.6) is 0 Å². The van der Waals surface area contributed by atoms with Crippen LogP contribution in [0.1, 0.15) is 43.8 Å². The van der Waals surface area contributed by atoms with Crippen LogP contribution in [-0.4, -0.2) is 4.98 Å². The van der Waals surface area contributed by atoms with E-state index in [1.54, 1.807) is 0 Å². The zero-order chi connectivity index (χ0) is 14.6. The zero-order valence-electron chi connectivity index (χ0n) is 12.4. The average Bonchev–Trinajstić information content (AvgIpc) is 2.50. The molecule has 0 bridgehead atoms. The molecule has 2 heteroatoms. The van der Waals surface area contributed by atoms with Crippen molar-refractivity contribution >= 4 is 11.6 Å². The summed E-state index contributed by atoms with van der Waals surface area (Å²) in [5, 5.41) is -0.0800. The Kier molecular flexibility index (Phi) is 4.82. The summed E-state index contributed by atoms with van der Waals surface area (Å²) in [4.78, 5) is 4.61. The highest BCUT2D eigenvalue weighted by atomic mass is 35.5. The Balaban J connectivity index is 2.53. The summed E-state index contributed by atoms with van der Waals surface area (Å²) in [5.41, 5.74) is 2.10. The van der Waals surface area contributed by atoms with E-state index in [1.165, 1.54) is 0 Å². The van der Waals surface area contributed by atoms with Gasteiger partial charge in [0.25, 0.3) is 0 Å². The van der Waals surface area contributed by atoms with Gasteiger partial charge in [-0.3, -0.25) is 4.98 Å². The molecule has 0 amide bonds. The molecule has 0 saturated carbocycles. The lowest BCUT2D eigenvalue weighted by Gasteiger charge is -2.40. The molecule has 0 fully saturated rings. The van der Waals surface area contributed by atoms with Gasteiger partial charge in [-0.25, -0.2) is 0 Å². The number of halogens is 1. The van der Waals surface area contributed by atoms with Crippen LogP contribution in [-0.2, 0) is 5.41 Å². The molecule has 0 spiro atoms. The third kappa shape index (κ3) is 2.60. The predicted octanol–water partition coefficient (Wildman–Crippen LogP) is 5.37. The van der Waals surface area contributed by atoms with Crippen molar-refractivity contribution in [2.45, 2.75) is 38.0 Å². The Morgan fingerprint density at radius 3 is 2.20 bits per heavy atom. The molecule has 0 saturated heterocycles. The van der Waals surface area contributed by atoms with Gasteiger partial charge >= 0.3 is 0 Å². The fourth-order valence-corrected chi connectivity index (χ4v) is 3.71. The molecule has 1 heterocycles. The monoisotopic (exact) mass is 287 g/mol. The first-order chi connectivity index (χ1) is 9.63. The van der Waals surface area contributed by atoms with Gasteiger partial charge in [0.05, 0.1) is 5.38 Å². The standard InChI is InChI=1S/C18H22ClN/c1-4-18(14(2)3,16-12-8-9-13-20-16)17(19)15-10-6-5-7-11-15/h5-14,17H,4H2,1-3H3. The summed E-state index contributed by atoms with van der Waals surface area (Å²) in [7, 11) is 0. The molecule has 0 aliphatic carbocycles. The van der Waals surface area contributed by atoms with Crippen molar-refractivity contribution in [1.29, 1.82) is 0 Å². The van der Waals surface area contributed by atoms with E-state index in [-0.39, 0.29) is 10.8 Å². The quantitative estimate of drug-likeness (QED) is 0.674. The topological polar surface area (TPSA) is 12.9 Å². The normalized spacial score (nSPS) is 15.8. The maximum Gasteiger partial charge on any atom is 0.0699 e. The van der Waals surface area contributed by atoms with Crippen LogP contribution < -0.4 is 0 Å². The Bertz CT molecular complexity index is 524. The van der Waals surface area contributed by atoms with Crippen molar-refractivity contribution in [1.82, 2.24) is 4.98 Å². The predicted molar refractivity (Wildman–Crippen MR) is 86.1 cm³/mol.